The van der Waals surface area contributed by atoms with Crippen molar-refractivity contribution in [1.82, 2.24) is 0 Å². The maximum atomic E-state index is 15.1. The van der Waals surface area contributed by atoms with E-state index in [0.29, 0.717) is 18.6 Å². The first-order chi connectivity index (χ1) is 18.1. The molecule has 2 unspecified atom stereocenters. The van der Waals surface area contributed by atoms with Crippen molar-refractivity contribution in [2.45, 2.75) is 110 Å². The van der Waals surface area contributed by atoms with Crippen LogP contribution in [0.4, 0.5) is 8.78 Å². The molecule has 0 spiro atoms. The summed E-state index contributed by atoms with van der Waals surface area (Å²) < 4.78 is 41.5. The zero-order valence-electron chi connectivity index (χ0n) is 23.0. The third kappa shape index (κ3) is 7.94. The lowest BCUT2D eigenvalue weighted by atomic mass is 9.80. The number of fused-ring (bicyclic) bond motifs is 1. The quantitative estimate of drug-likeness (QED) is 0.208. The summed E-state index contributed by atoms with van der Waals surface area (Å²) in [5, 5.41) is 0. The Kier molecular flexibility index (Phi) is 10.7. The van der Waals surface area contributed by atoms with Crippen LogP contribution in [0, 0.1) is 23.5 Å². The summed E-state index contributed by atoms with van der Waals surface area (Å²) in [6.07, 6.45) is 15.5. The molecule has 1 saturated carbocycles. The van der Waals surface area contributed by atoms with Crippen LogP contribution >= 0.6 is 0 Å². The van der Waals surface area contributed by atoms with Gasteiger partial charge in [-0.1, -0.05) is 70.9 Å². The summed E-state index contributed by atoms with van der Waals surface area (Å²) in [7, 11) is 0. The minimum absolute atomic E-state index is 0.0829. The molecular weight excluding hydrogens is 466 g/mol. The first-order valence-corrected chi connectivity index (χ1v) is 15.0. The van der Waals surface area contributed by atoms with Crippen LogP contribution < -0.4 is 9.47 Å². The van der Waals surface area contributed by atoms with Crippen LogP contribution in [0.1, 0.15) is 114 Å². The monoisotopic (exact) mass is 512 g/mol. The Labute approximate surface area is 223 Å². The summed E-state index contributed by atoms with van der Waals surface area (Å²) in [6, 6.07) is 9.92. The van der Waals surface area contributed by atoms with Crippen molar-refractivity contribution in [2.24, 2.45) is 11.8 Å². The third-order valence-electron chi connectivity index (χ3n) is 8.49. The maximum Gasteiger partial charge on any atom is 0.200 e. The van der Waals surface area contributed by atoms with E-state index in [1.807, 2.05) is 12.1 Å². The van der Waals surface area contributed by atoms with Crippen LogP contribution in [-0.2, 0) is 12.8 Å². The normalized spacial score (nSPS) is 17.9. The molecule has 0 heterocycles. The Bertz CT molecular complexity index is 967. The molecule has 4 heteroatoms. The van der Waals surface area contributed by atoms with E-state index in [9.17, 15) is 4.39 Å². The molecule has 2 atom stereocenters. The van der Waals surface area contributed by atoms with E-state index in [1.54, 1.807) is 6.07 Å². The molecule has 2 aliphatic rings. The number of hydrogen-bond donors (Lipinski definition) is 0. The molecular formula is C33H46F2O2. The molecule has 37 heavy (non-hydrogen) atoms. The van der Waals surface area contributed by atoms with E-state index < -0.39 is 11.6 Å². The lowest BCUT2D eigenvalue weighted by Crippen LogP contribution is -2.16. The Morgan fingerprint density at radius 1 is 0.838 bits per heavy atom. The van der Waals surface area contributed by atoms with Gasteiger partial charge in [0.05, 0.1) is 13.2 Å². The Morgan fingerprint density at radius 2 is 1.57 bits per heavy atom. The van der Waals surface area contributed by atoms with Crippen LogP contribution in [0.5, 0.6) is 11.5 Å². The highest BCUT2D eigenvalue weighted by Crippen LogP contribution is 2.41. The summed E-state index contributed by atoms with van der Waals surface area (Å²) >= 11 is 0. The fraction of sp³-hybridized carbons (Fsp3) is 0.636. The van der Waals surface area contributed by atoms with Gasteiger partial charge in [0.15, 0.2) is 11.6 Å². The van der Waals surface area contributed by atoms with E-state index in [2.05, 4.69) is 26.0 Å². The fourth-order valence-corrected chi connectivity index (χ4v) is 5.97. The van der Waals surface area contributed by atoms with Crippen molar-refractivity contribution < 1.29 is 18.3 Å². The molecule has 0 radical (unpaired) electrons. The SMILES string of the molecule is CCCCCCOc1ccc(C2CCc3cc(OCCCCCC(CC)C4CC4)c(F)c(F)c3C2)cc1. The number of hydrogen-bond acceptors (Lipinski definition) is 2. The maximum absolute atomic E-state index is 15.1. The standard InChI is InChI=1S/C33H46F2O2/c1-3-5-6-9-20-36-29-18-16-26(17-19-29)27-14-15-28-23-31(33(35)32(34)30(28)22-27)37-21-10-7-8-11-24(4-2)25-12-13-25/h16-19,23-25,27H,3-15,20-22H2,1-2H3. The highest BCUT2D eigenvalue weighted by Gasteiger charge is 2.29. The van der Waals surface area contributed by atoms with E-state index in [-0.39, 0.29) is 11.7 Å². The molecule has 2 nitrogen and oxygen atoms in total. The second kappa shape index (κ2) is 14.2. The van der Waals surface area contributed by atoms with Gasteiger partial charge in [0.2, 0.25) is 5.82 Å². The highest BCUT2D eigenvalue weighted by atomic mass is 19.2. The van der Waals surface area contributed by atoms with Crippen molar-refractivity contribution in [1.29, 1.82) is 0 Å². The molecule has 2 aromatic carbocycles. The summed E-state index contributed by atoms with van der Waals surface area (Å²) in [4.78, 5) is 0. The predicted molar refractivity (Wildman–Crippen MR) is 148 cm³/mol. The summed E-state index contributed by atoms with van der Waals surface area (Å²) in [6.45, 7) is 5.69. The van der Waals surface area contributed by atoms with Gasteiger partial charge in [-0.3, -0.25) is 0 Å². The Balaban J connectivity index is 1.25. The first-order valence-electron chi connectivity index (χ1n) is 15.0. The molecule has 0 saturated heterocycles. The average Bonchev–Trinajstić information content (AvgIpc) is 3.76. The number of halogens is 2. The minimum atomic E-state index is -0.828. The first kappa shape index (κ1) is 27.9. The van der Waals surface area contributed by atoms with Gasteiger partial charge in [0, 0.05) is 0 Å². The van der Waals surface area contributed by atoms with Crippen LogP contribution in [-0.4, -0.2) is 13.2 Å². The van der Waals surface area contributed by atoms with Crippen molar-refractivity contribution in [3.63, 3.8) is 0 Å². The van der Waals surface area contributed by atoms with Crippen molar-refractivity contribution in [3.05, 3.63) is 58.7 Å². The Hall–Kier alpha value is -2.10. The van der Waals surface area contributed by atoms with Gasteiger partial charge in [-0.2, -0.15) is 4.39 Å². The number of ether oxygens (including phenoxy) is 2. The molecule has 204 valence electrons. The topological polar surface area (TPSA) is 18.5 Å². The molecule has 0 bridgehead atoms. The zero-order chi connectivity index (χ0) is 26.0. The summed E-state index contributed by atoms with van der Waals surface area (Å²) in [5.41, 5.74) is 2.58. The number of unbranched alkanes of at least 4 members (excludes halogenated alkanes) is 5. The second-order valence-electron chi connectivity index (χ2n) is 11.3. The lowest BCUT2D eigenvalue weighted by molar-refractivity contribution is 0.280. The van der Waals surface area contributed by atoms with Crippen LogP contribution in [0.15, 0.2) is 30.3 Å². The van der Waals surface area contributed by atoms with Crippen molar-refractivity contribution >= 4 is 0 Å². The minimum Gasteiger partial charge on any atom is -0.494 e. The Morgan fingerprint density at radius 3 is 2.27 bits per heavy atom. The van der Waals surface area contributed by atoms with Gasteiger partial charge < -0.3 is 9.47 Å². The average molecular weight is 513 g/mol. The van der Waals surface area contributed by atoms with Crippen LogP contribution in [0.2, 0.25) is 0 Å². The van der Waals surface area contributed by atoms with Crippen LogP contribution in [0.25, 0.3) is 0 Å². The molecule has 0 N–H and O–H groups in total. The van der Waals surface area contributed by atoms with Crippen molar-refractivity contribution in [3.8, 4) is 11.5 Å². The third-order valence-corrected chi connectivity index (χ3v) is 8.49. The fourth-order valence-electron chi connectivity index (χ4n) is 5.97. The van der Waals surface area contributed by atoms with Gasteiger partial charge in [-0.05, 0) is 97.6 Å². The number of aryl methyl sites for hydroxylation is 1. The highest BCUT2D eigenvalue weighted by molar-refractivity contribution is 5.42. The summed E-state index contributed by atoms with van der Waals surface area (Å²) in [5.74, 6) is 1.44. The molecule has 2 aliphatic carbocycles. The molecule has 2 aromatic rings. The van der Waals surface area contributed by atoms with Gasteiger partial charge in [0.1, 0.15) is 5.75 Å². The smallest absolute Gasteiger partial charge is 0.200 e. The predicted octanol–water partition coefficient (Wildman–Crippen LogP) is 9.57. The van der Waals surface area contributed by atoms with E-state index in [0.717, 1.165) is 67.4 Å². The number of rotatable bonds is 16. The zero-order valence-corrected chi connectivity index (χ0v) is 23.0. The van der Waals surface area contributed by atoms with Gasteiger partial charge >= 0.3 is 0 Å². The number of benzene rings is 2. The van der Waals surface area contributed by atoms with E-state index in [1.165, 1.54) is 51.4 Å². The molecule has 1 fully saturated rings. The van der Waals surface area contributed by atoms with E-state index in [4.69, 9.17) is 9.47 Å². The lowest BCUT2D eigenvalue weighted by Gasteiger charge is -2.26. The van der Waals surface area contributed by atoms with Crippen molar-refractivity contribution in [2.75, 3.05) is 13.2 Å². The van der Waals surface area contributed by atoms with Gasteiger partial charge in [-0.25, -0.2) is 4.39 Å². The molecule has 4 rings (SSSR count). The largest absolute Gasteiger partial charge is 0.494 e. The molecule has 0 aliphatic heterocycles. The second-order valence-corrected chi connectivity index (χ2v) is 11.3. The van der Waals surface area contributed by atoms with Gasteiger partial charge in [0.25, 0.3) is 0 Å². The molecule has 0 aromatic heterocycles. The van der Waals surface area contributed by atoms with Gasteiger partial charge in [-0.15, -0.1) is 0 Å². The van der Waals surface area contributed by atoms with Crippen LogP contribution in [0.3, 0.4) is 0 Å². The molecule has 0 amide bonds. The van der Waals surface area contributed by atoms with E-state index >= 15 is 4.39 Å².